The van der Waals surface area contributed by atoms with Crippen LogP contribution in [0.25, 0.3) is 11.1 Å². The minimum absolute atomic E-state index is 0.0986. The predicted molar refractivity (Wildman–Crippen MR) is 105 cm³/mol. The predicted octanol–water partition coefficient (Wildman–Crippen LogP) is 3.10. The molecule has 5 nitrogen and oxygen atoms in total. The number of nitrogens with zero attached hydrogens (tertiary/aromatic N) is 2. The molecule has 2 aliphatic rings. The summed E-state index contributed by atoms with van der Waals surface area (Å²) in [6, 6.07) is 14.9. The lowest BCUT2D eigenvalue weighted by Gasteiger charge is -2.53. The molecule has 0 aromatic heterocycles. The third-order valence-corrected chi connectivity index (χ3v) is 6.04. The van der Waals surface area contributed by atoms with Gasteiger partial charge in [-0.2, -0.15) is 5.26 Å². The number of ether oxygens (including phenoxy) is 1. The van der Waals surface area contributed by atoms with Crippen LogP contribution in [0.15, 0.2) is 48.5 Å². The molecular weight excluding hydrogens is 371 g/mol. The third kappa shape index (κ3) is 3.41. The molecule has 6 heteroatoms. The molecule has 0 spiro atoms. The molecule has 1 N–H and O–H groups in total. The number of halogens is 1. The molecule has 2 aromatic rings. The van der Waals surface area contributed by atoms with E-state index in [1.54, 1.807) is 18.2 Å². The number of hydrogen-bond donors (Lipinski definition) is 1. The van der Waals surface area contributed by atoms with Crippen LogP contribution in [0.2, 0.25) is 0 Å². The number of carbonyl (C=O) groups is 1. The first kappa shape index (κ1) is 19.6. The summed E-state index contributed by atoms with van der Waals surface area (Å²) in [5, 5.41) is 19.9. The van der Waals surface area contributed by atoms with Gasteiger partial charge in [-0.25, -0.2) is 4.39 Å². The van der Waals surface area contributed by atoms with E-state index >= 15 is 0 Å². The Morgan fingerprint density at radius 1 is 1.14 bits per heavy atom. The molecule has 3 atom stereocenters. The van der Waals surface area contributed by atoms with E-state index in [0.717, 1.165) is 5.56 Å². The Morgan fingerprint density at radius 3 is 2.45 bits per heavy atom. The fourth-order valence-electron chi connectivity index (χ4n) is 4.55. The minimum Gasteiger partial charge on any atom is -0.394 e. The zero-order valence-corrected chi connectivity index (χ0v) is 16.0. The first-order valence-electron chi connectivity index (χ1n) is 9.91. The van der Waals surface area contributed by atoms with Crippen LogP contribution in [0.3, 0.4) is 0 Å². The van der Waals surface area contributed by atoms with Gasteiger partial charge in [0.05, 0.1) is 18.7 Å². The fraction of sp³-hybridized carbons (Fsp3) is 0.391. The number of rotatable bonds is 4. The highest BCUT2D eigenvalue weighted by molar-refractivity contribution is 5.82. The largest absolute Gasteiger partial charge is 0.394 e. The van der Waals surface area contributed by atoms with Gasteiger partial charge in [-0.1, -0.05) is 42.5 Å². The molecule has 0 bridgehead atoms. The maximum Gasteiger partial charge on any atom is 0.227 e. The highest BCUT2D eigenvalue weighted by Gasteiger charge is 2.53. The lowest BCUT2D eigenvalue weighted by atomic mass is 9.72. The van der Waals surface area contributed by atoms with Crippen LogP contribution in [-0.4, -0.2) is 47.8 Å². The topological polar surface area (TPSA) is 73.6 Å². The third-order valence-electron chi connectivity index (χ3n) is 6.04. The first-order valence-corrected chi connectivity index (χ1v) is 9.91. The van der Waals surface area contributed by atoms with E-state index in [9.17, 15) is 19.6 Å². The van der Waals surface area contributed by atoms with Crippen molar-refractivity contribution in [1.82, 2.24) is 4.90 Å². The second kappa shape index (κ2) is 8.32. The van der Waals surface area contributed by atoms with Gasteiger partial charge in [0.25, 0.3) is 0 Å². The Hall–Kier alpha value is -2.75. The van der Waals surface area contributed by atoms with Crippen LogP contribution in [0.5, 0.6) is 0 Å². The lowest BCUT2D eigenvalue weighted by molar-refractivity contribution is -0.154. The molecule has 2 saturated heterocycles. The molecule has 2 aliphatic heterocycles. The average molecular weight is 394 g/mol. The molecule has 2 aromatic carbocycles. The number of aliphatic hydroxyl groups is 1. The van der Waals surface area contributed by atoms with E-state index in [0.29, 0.717) is 37.2 Å². The Balaban J connectivity index is 1.69. The molecule has 0 radical (unpaired) electrons. The summed E-state index contributed by atoms with van der Waals surface area (Å²) in [6.45, 7) is 0.818. The van der Waals surface area contributed by atoms with Gasteiger partial charge < -0.3 is 14.7 Å². The Labute approximate surface area is 169 Å². The summed E-state index contributed by atoms with van der Waals surface area (Å²) >= 11 is 0. The summed E-state index contributed by atoms with van der Waals surface area (Å²) in [7, 11) is 0. The molecule has 2 heterocycles. The quantitative estimate of drug-likeness (QED) is 0.865. The minimum atomic E-state index is -0.685. The van der Waals surface area contributed by atoms with Gasteiger partial charge in [-0.15, -0.1) is 0 Å². The van der Waals surface area contributed by atoms with Crippen molar-refractivity contribution >= 4 is 5.91 Å². The fourth-order valence-corrected chi connectivity index (χ4v) is 4.55. The molecule has 2 fully saturated rings. The number of likely N-dealkylation sites (tertiary alicyclic amines) is 1. The van der Waals surface area contributed by atoms with E-state index in [-0.39, 0.29) is 30.2 Å². The van der Waals surface area contributed by atoms with Crippen molar-refractivity contribution in [1.29, 1.82) is 5.26 Å². The number of nitriles is 1. The van der Waals surface area contributed by atoms with E-state index in [1.807, 2.05) is 24.3 Å². The van der Waals surface area contributed by atoms with E-state index < -0.39 is 12.1 Å². The van der Waals surface area contributed by atoms with E-state index in [2.05, 4.69) is 6.07 Å². The van der Waals surface area contributed by atoms with Crippen LogP contribution >= 0.6 is 0 Å². The van der Waals surface area contributed by atoms with Gasteiger partial charge in [0.1, 0.15) is 11.9 Å². The van der Waals surface area contributed by atoms with Crippen LogP contribution in [0.1, 0.15) is 24.3 Å². The second-order valence-electron chi connectivity index (χ2n) is 7.55. The molecule has 1 amide bonds. The maximum absolute atomic E-state index is 14.5. The van der Waals surface area contributed by atoms with Crippen LogP contribution < -0.4 is 0 Å². The van der Waals surface area contributed by atoms with E-state index in [4.69, 9.17) is 4.74 Å². The summed E-state index contributed by atoms with van der Waals surface area (Å²) in [4.78, 5) is 14.6. The van der Waals surface area contributed by atoms with Gasteiger partial charge in [0.2, 0.25) is 5.91 Å². The van der Waals surface area contributed by atoms with Gasteiger partial charge >= 0.3 is 0 Å². The Bertz CT molecular complexity index is 936. The molecular formula is C23H23FN2O3. The summed E-state index contributed by atoms with van der Waals surface area (Å²) in [6.07, 6.45) is 1.25. The maximum atomic E-state index is 14.5. The van der Waals surface area contributed by atoms with Crippen LogP contribution in [0, 0.1) is 23.1 Å². The molecule has 0 aliphatic carbocycles. The monoisotopic (exact) mass is 394 g/mol. The van der Waals surface area contributed by atoms with Crippen molar-refractivity contribution in [3.05, 3.63) is 59.9 Å². The van der Waals surface area contributed by atoms with Crippen molar-refractivity contribution in [2.24, 2.45) is 5.92 Å². The SMILES string of the molecule is N#C[C@H]1[C@@H](c2ccccc2-c2ccccc2F)[C@@H](CO)N1C(=O)C1CCOCC1. The van der Waals surface area contributed by atoms with Crippen molar-refractivity contribution in [3.63, 3.8) is 0 Å². The van der Waals surface area contributed by atoms with Gasteiger partial charge in [0, 0.05) is 30.6 Å². The van der Waals surface area contributed by atoms with E-state index in [1.165, 1.54) is 11.0 Å². The van der Waals surface area contributed by atoms with Crippen molar-refractivity contribution in [2.45, 2.75) is 30.8 Å². The van der Waals surface area contributed by atoms with Crippen LogP contribution in [-0.2, 0) is 9.53 Å². The standard InChI is InChI=1S/C23H23FN2O3/c24-19-8-4-3-6-17(19)16-5-1-2-7-18(16)22-20(13-25)26(21(22)14-27)23(28)15-9-11-29-12-10-15/h1-8,15,20-22,27H,9-12,14H2/t20-,21+,22+/m0/s1. The highest BCUT2D eigenvalue weighted by Crippen LogP contribution is 2.45. The molecule has 0 saturated carbocycles. The highest BCUT2D eigenvalue weighted by atomic mass is 19.1. The van der Waals surface area contributed by atoms with Crippen LogP contribution in [0.4, 0.5) is 4.39 Å². The van der Waals surface area contributed by atoms with Crippen molar-refractivity contribution in [3.8, 4) is 17.2 Å². The second-order valence-corrected chi connectivity index (χ2v) is 7.55. The zero-order valence-electron chi connectivity index (χ0n) is 16.0. The summed E-state index contributed by atoms with van der Waals surface area (Å²) < 4.78 is 19.8. The normalized spacial score (nSPS) is 24.6. The summed E-state index contributed by atoms with van der Waals surface area (Å²) in [5.41, 5.74) is 1.91. The number of hydrogen-bond acceptors (Lipinski definition) is 4. The number of carbonyl (C=O) groups excluding carboxylic acids is 1. The molecule has 4 rings (SSSR count). The van der Waals surface area contributed by atoms with Gasteiger partial charge in [0.15, 0.2) is 0 Å². The Kier molecular flexibility index (Phi) is 5.61. The van der Waals surface area contributed by atoms with Crippen molar-refractivity contribution in [2.75, 3.05) is 19.8 Å². The molecule has 29 heavy (non-hydrogen) atoms. The van der Waals surface area contributed by atoms with Crippen molar-refractivity contribution < 1.29 is 19.0 Å². The van der Waals surface area contributed by atoms with Gasteiger partial charge in [-0.05, 0) is 30.0 Å². The number of benzene rings is 2. The first-order chi connectivity index (χ1) is 14.2. The number of amides is 1. The number of aliphatic hydroxyl groups excluding tert-OH is 1. The smallest absolute Gasteiger partial charge is 0.227 e. The average Bonchev–Trinajstić information content (AvgIpc) is 2.75. The van der Waals surface area contributed by atoms with Gasteiger partial charge in [-0.3, -0.25) is 4.79 Å². The molecule has 0 unspecified atom stereocenters. The lowest BCUT2D eigenvalue weighted by Crippen LogP contribution is -2.66. The molecule has 150 valence electrons. The Morgan fingerprint density at radius 2 is 1.79 bits per heavy atom. The zero-order chi connectivity index (χ0) is 20.4. The summed E-state index contributed by atoms with van der Waals surface area (Å²) in [5.74, 6) is -0.997.